The Bertz CT molecular complexity index is 1060. The Hall–Kier alpha value is -2.89. The fourth-order valence-corrected chi connectivity index (χ4v) is 3.67. The molecule has 3 rings (SSSR count). The molecule has 3 aromatic rings. The Morgan fingerprint density at radius 2 is 1.68 bits per heavy atom. The van der Waals surface area contributed by atoms with Crippen molar-refractivity contribution < 1.29 is 4.79 Å². The first-order chi connectivity index (χ1) is 13.4. The summed E-state index contributed by atoms with van der Waals surface area (Å²) in [5, 5.41) is 5.77. The SMILES string of the molecule is CCN(CC)C(=O)Cn1ncc2c(C)n(Cc3ccc(C)cc3)c(C)c2c1=O. The van der Waals surface area contributed by atoms with Crippen molar-refractivity contribution in [1.82, 2.24) is 19.2 Å². The Labute approximate surface area is 165 Å². The zero-order valence-corrected chi connectivity index (χ0v) is 17.3. The molecular formula is C22H28N4O2. The highest BCUT2D eigenvalue weighted by Crippen LogP contribution is 2.23. The lowest BCUT2D eigenvalue weighted by Gasteiger charge is -2.18. The molecule has 2 heterocycles. The van der Waals surface area contributed by atoms with Crippen molar-refractivity contribution >= 4 is 16.7 Å². The van der Waals surface area contributed by atoms with E-state index in [1.165, 1.54) is 15.8 Å². The first-order valence-corrected chi connectivity index (χ1v) is 9.76. The van der Waals surface area contributed by atoms with E-state index in [1.54, 1.807) is 11.1 Å². The average Bonchev–Trinajstić information content (AvgIpc) is 2.92. The zero-order chi connectivity index (χ0) is 20.4. The largest absolute Gasteiger partial charge is 0.343 e. The Kier molecular flexibility index (Phi) is 5.68. The van der Waals surface area contributed by atoms with E-state index in [0.717, 1.165) is 16.8 Å². The number of benzene rings is 1. The predicted molar refractivity (Wildman–Crippen MR) is 112 cm³/mol. The lowest BCUT2D eigenvalue weighted by molar-refractivity contribution is -0.131. The Morgan fingerprint density at radius 1 is 1.04 bits per heavy atom. The second kappa shape index (κ2) is 8.00. The van der Waals surface area contributed by atoms with Crippen LogP contribution in [0.2, 0.25) is 0 Å². The summed E-state index contributed by atoms with van der Waals surface area (Å²) in [4.78, 5) is 27.2. The van der Waals surface area contributed by atoms with Crippen molar-refractivity contribution in [2.45, 2.75) is 47.7 Å². The molecule has 0 saturated carbocycles. The van der Waals surface area contributed by atoms with Gasteiger partial charge < -0.3 is 9.47 Å². The standard InChI is InChI=1S/C22H28N4O2/c1-6-24(7-2)20(27)14-26-22(28)21-17(5)25(16(4)19(21)12-23-26)13-18-10-8-15(3)9-11-18/h8-12H,6-7,13-14H2,1-5H3. The van der Waals surface area contributed by atoms with Crippen molar-refractivity contribution in [3.63, 3.8) is 0 Å². The first-order valence-electron chi connectivity index (χ1n) is 9.76. The molecule has 0 fully saturated rings. The summed E-state index contributed by atoms with van der Waals surface area (Å²) in [5.41, 5.74) is 4.12. The number of likely N-dealkylation sites (N-methyl/N-ethyl adjacent to an activating group) is 1. The summed E-state index contributed by atoms with van der Waals surface area (Å²) >= 11 is 0. The molecule has 6 nitrogen and oxygen atoms in total. The molecule has 0 spiro atoms. The smallest absolute Gasteiger partial charge is 0.276 e. The van der Waals surface area contributed by atoms with Crippen LogP contribution in [0.5, 0.6) is 0 Å². The number of aromatic nitrogens is 3. The maximum atomic E-state index is 13.1. The van der Waals surface area contributed by atoms with Crippen LogP contribution < -0.4 is 5.56 Å². The summed E-state index contributed by atoms with van der Waals surface area (Å²) in [6.45, 7) is 11.8. The molecule has 0 N–H and O–H groups in total. The molecule has 0 aliphatic heterocycles. The Balaban J connectivity index is 2.01. The highest BCUT2D eigenvalue weighted by molar-refractivity contribution is 5.87. The molecule has 28 heavy (non-hydrogen) atoms. The molecule has 0 bridgehead atoms. The van der Waals surface area contributed by atoms with E-state index in [0.29, 0.717) is 25.0 Å². The molecule has 1 aromatic carbocycles. The zero-order valence-electron chi connectivity index (χ0n) is 17.3. The van der Waals surface area contributed by atoms with Gasteiger partial charge in [-0.25, -0.2) is 4.68 Å². The summed E-state index contributed by atoms with van der Waals surface area (Å²) in [5.74, 6) is -0.0904. The van der Waals surface area contributed by atoms with Crippen molar-refractivity contribution in [3.8, 4) is 0 Å². The number of rotatable bonds is 6. The summed E-state index contributed by atoms with van der Waals surface area (Å²) in [6.07, 6.45) is 1.71. The van der Waals surface area contributed by atoms with Crippen molar-refractivity contribution in [3.05, 3.63) is 63.3 Å². The van der Waals surface area contributed by atoms with Crippen LogP contribution in [-0.4, -0.2) is 38.2 Å². The van der Waals surface area contributed by atoms with Crippen molar-refractivity contribution in [1.29, 1.82) is 0 Å². The van der Waals surface area contributed by atoms with Crippen molar-refractivity contribution in [2.75, 3.05) is 13.1 Å². The summed E-state index contributed by atoms with van der Waals surface area (Å²) < 4.78 is 3.43. The third kappa shape index (κ3) is 3.59. The number of aryl methyl sites for hydroxylation is 3. The molecule has 0 aliphatic carbocycles. The third-order valence-electron chi connectivity index (χ3n) is 5.47. The number of hydrogen-bond acceptors (Lipinski definition) is 3. The second-order valence-electron chi connectivity index (χ2n) is 7.20. The van der Waals surface area contributed by atoms with E-state index in [-0.39, 0.29) is 18.0 Å². The topological polar surface area (TPSA) is 60.1 Å². The minimum Gasteiger partial charge on any atom is -0.343 e. The number of hydrogen-bond donors (Lipinski definition) is 0. The van der Waals surface area contributed by atoms with Crippen molar-refractivity contribution in [2.24, 2.45) is 0 Å². The molecule has 0 radical (unpaired) electrons. The quantitative estimate of drug-likeness (QED) is 0.660. The van der Waals surface area contributed by atoms with Gasteiger partial charge in [0.25, 0.3) is 5.56 Å². The van der Waals surface area contributed by atoms with Crippen LogP contribution in [-0.2, 0) is 17.9 Å². The summed E-state index contributed by atoms with van der Waals surface area (Å²) in [6, 6.07) is 8.41. The van der Waals surface area contributed by atoms with Crippen LogP contribution in [0.15, 0.2) is 35.3 Å². The van der Waals surface area contributed by atoms with Gasteiger partial charge in [-0.2, -0.15) is 5.10 Å². The minimum absolute atomic E-state index is 0.0297. The van der Waals surface area contributed by atoms with E-state index >= 15 is 0 Å². The van der Waals surface area contributed by atoms with E-state index in [4.69, 9.17) is 0 Å². The number of nitrogens with zero attached hydrogens (tertiary/aromatic N) is 4. The summed E-state index contributed by atoms with van der Waals surface area (Å²) in [7, 11) is 0. The van der Waals surface area contributed by atoms with Gasteiger partial charge in [0.1, 0.15) is 6.54 Å². The normalized spacial score (nSPS) is 11.2. The third-order valence-corrected chi connectivity index (χ3v) is 5.47. The van der Waals surface area contributed by atoms with E-state index in [1.807, 2.05) is 27.7 Å². The fraction of sp³-hybridized carbons (Fsp3) is 0.409. The van der Waals surface area contributed by atoms with Gasteiger partial charge in [0.2, 0.25) is 5.91 Å². The van der Waals surface area contributed by atoms with Crippen LogP contribution in [0.3, 0.4) is 0 Å². The van der Waals surface area contributed by atoms with Crippen LogP contribution in [0, 0.1) is 20.8 Å². The number of amides is 1. The van der Waals surface area contributed by atoms with E-state index in [2.05, 4.69) is 40.9 Å². The molecule has 0 aliphatic rings. The fourth-order valence-electron chi connectivity index (χ4n) is 3.67. The minimum atomic E-state index is -0.207. The first kappa shape index (κ1) is 19.9. The van der Waals surface area contributed by atoms with Gasteiger partial charge >= 0.3 is 0 Å². The van der Waals surface area contributed by atoms with Crippen LogP contribution in [0.4, 0.5) is 0 Å². The lowest BCUT2D eigenvalue weighted by atomic mass is 10.1. The molecule has 0 atom stereocenters. The number of carbonyl (C=O) groups excluding carboxylic acids is 1. The second-order valence-corrected chi connectivity index (χ2v) is 7.20. The molecule has 148 valence electrons. The van der Waals surface area contributed by atoms with Gasteiger partial charge in [0.05, 0.1) is 11.6 Å². The number of fused-ring (bicyclic) bond motifs is 1. The maximum absolute atomic E-state index is 13.1. The molecule has 1 amide bonds. The lowest BCUT2D eigenvalue weighted by Crippen LogP contribution is -2.37. The van der Waals surface area contributed by atoms with E-state index in [9.17, 15) is 9.59 Å². The van der Waals surface area contributed by atoms with E-state index < -0.39 is 0 Å². The van der Waals surface area contributed by atoms with Gasteiger partial charge in [-0.15, -0.1) is 0 Å². The number of carbonyl (C=O) groups is 1. The highest BCUT2D eigenvalue weighted by Gasteiger charge is 2.18. The van der Waals surface area contributed by atoms with Gasteiger partial charge in [-0.3, -0.25) is 9.59 Å². The van der Waals surface area contributed by atoms with Gasteiger partial charge in [-0.1, -0.05) is 29.8 Å². The monoisotopic (exact) mass is 380 g/mol. The molecule has 6 heteroatoms. The molecule has 0 saturated heterocycles. The highest BCUT2D eigenvalue weighted by atomic mass is 16.2. The predicted octanol–water partition coefficient (Wildman–Crippen LogP) is 3.04. The van der Waals surface area contributed by atoms with Gasteiger partial charge in [-0.05, 0) is 40.2 Å². The molecule has 2 aromatic heterocycles. The van der Waals surface area contributed by atoms with Gasteiger partial charge in [0.15, 0.2) is 0 Å². The molecular weight excluding hydrogens is 352 g/mol. The van der Waals surface area contributed by atoms with Crippen LogP contribution in [0.25, 0.3) is 10.8 Å². The Morgan fingerprint density at radius 3 is 2.29 bits per heavy atom. The van der Waals surface area contributed by atoms with Crippen LogP contribution >= 0.6 is 0 Å². The van der Waals surface area contributed by atoms with Gasteiger partial charge in [0, 0.05) is 36.4 Å². The molecule has 0 unspecified atom stereocenters. The maximum Gasteiger partial charge on any atom is 0.276 e. The van der Waals surface area contributed by atoms with Crippen LogP contribution in [0.1, 0.15) is 36.4 Å². The average molecular weight is 380 g/mol.